The Hall–Kier alpha value is -2.94. The average Bonchev–Trinajstić information content (AvgIpc) is 2.77. The van der Waals surface area contributed by atoms with E-state index >= 15 is 0 Å². The SMILES string of the molecule is O=C1C2=CC3=CC=CC=C(C=C2C(=O)N1c1ccccc1)C3. The van der Waals surface area contributed by atoms with Crippen molar-refractivity contribution in [1.82, 2.24) is 0 Å². The van der Waals surface area contributed by atoms with Crippen molar-refractivity contribution in [3.63, 3.8) is 0 Å². The summed E-state index contributed by atoms with van der Waals surface area (Å²) in [7, 11) is 0. The Kier molecular flexibility index (Phi) is 2.79. The molecule has 1 heterocycles. The largest absolute Gasteiger partial charge is 0.268 e. The molecule has 3 nitrogen and oxygen atoms in total. The first-order valence-corrected chi connectivity index (χ1v) is 7.18. The number of carbonyl (C=O) groups excluding carboxylic acids is 2. The Balaban J connectivity index is 1.87. The number of amides is 2. The summed E-state index contributed by atoms with van der Waals surface area (Å²) in [5.41, 5.74) is 3.66. The molecule has 1 aromatic rings. The highest BCUT2D eigenvalue weighted by Crippen LogP contribution is 2.35. The van der Waals surface area contributed by atoms with Gasteiger partial charge in [0.15, 0.2) is 0 Å². The summed E-state index contributed by atoms with van der Waals surface area (Å²) in [5.74, 6) is -0.502. The van der Waals surface area contributed by atoms with Crippen LogP contribution in [0.3, 0.4) is 0 Å². The van der Waals surface area contributed by atoms with Crippen molar-refractivity contribution in [2.75, 3.05) is 4.90 Å². The van der Waals surface area contributed by atoms with E-state index in [1.165, 1.54) is 4.90 Å². The second kappa shape index (κ2) is 4.81. The number of anilines is 1. The maximum atomic E-state index is 12.7. The first-order chi connectivity index (χ1) is 10.7. The molecular weight excluding hydrogens is 274 g/mol. The molecular formula is C19H13NO2. The highest BCUT2D eigenvalue weighted by Gasteiger charge is 2.40. The summed E-state index contributed by atoms with van der Waals surface area (Å²) in [5, 5.41) is 0. The molecule has 0 aromatic heterocycles. The van der Waals surface area contributed by atoms with Crippen molar-refractivity contribution >= 4 is 17.5 Å². The van der Waals surface area contributed by atoms with Gasteiger partial charge in [0.2, 0.25) is 0 Å². The van der Waals surface area contributed by atoms with Crippen molar-refractivity contribution in [2.45, 2.75) is 6.42 Å². The molecule has 106 valence electrons. The number of nitrogens with zero attached hydrogens (tertiary/aromatic N) is 1. The summed E-state index contributed by atoms with van der Waals surface area (Å²) in [6.07, 6.45) is 12.3. The van der Waals surface area contributed by atoms with Gasteiger partial charge in [0.1, 0.15) is 0 Å². The fraction of sp³-hybridized carbons (Fsp3) is 0.0526. The quantitative estimate of drug-likeness (QED) is 0.744. The number of carbonyl (C=O) groups is 2. The number of hydrogen-bond donors (Lipinski definition) is 0. The van der Waals surface area contributed by atoms with E-state index in [9.17, 15) is 9.59 Å². The minimum absolute atomic E-state index is 0.251. The van der Waals surface area contributed by atoms with Crippen LogP contribution < -0.4 is 4.90 Å². The molecule has 0 unspecified atom stereocenters. The standard InChI is InChI=1S/C19H13NO2/c21-18-16-11-13-6-4-5-7-14(10-13)12-17(16)19(22)20(18)15-8-2-1-3-9-15/h1-9,11-12H,10H2. The third-order valence-corrected chi connectivity index (χ3v) is 3.97. The van der Waals surface area contributed by atoms with Crippen molar-refractivity contribution in [2.24, 2.45) is 0 Å². The maximum absolute atomic E-state index is 12.7. The van der Waals surface area contributed by atoms with Gasteiger partial charge >= 0.3 is 0 Å². The predicted octanol–water partition coefficient (Wildman–Crippen LogP) is 3.24. The Morgan fingerprint density at radius 3 is 1.86 bits per heavy atom. The molecule has 2 amide bonds. The Morgan fingerprint density at radius 2 is 1.32 bits per heavy atom. The van der Waals surface area contributed by atoms with Gasteiger partial charge in [-0.05, 0) is 41.9 Å². The Bertz CT molecular complexity index is 785. The molecule has 0 atom stereocenters. The highest BCUT2D eigenvalue weighted by atomic mass is 16.2. The summed E-state index contributed by atoms with van der Waals surface area (Å²) in [4.78, 5) is 26.7. The zero-order chi connectivity index (χ0) is 15.1. The van der Waals surface area contributed by atoms with Gasteiger partial charge < -0.3 is 0 Å². The molecule has 1 aromatic carbocycles. The summed E-state index contributed by atoms with van der Waals surface area (Å²) >= 11 is 0. The zero-order valence-electron chi connectivity index (χ0n) is 11.8. The molecule has 2 aliphatic carbocycles. The van der Waals surface area contributed by atoms with Crippen LogP contribution in [-0.4, -0.2) is 11.8 Å². The lowest BCUT2D eigenvalue weighted by molar-refractivity contribution is -0.119. The van der Waals surface area contributed by atoms with Crippen LogP contribution >= 0.6 is 0 Å². The molecule has 3 heteroatoms. The van der Waals surface area contributed by atoms with Crippen molar-refractivity contribution in [3.8, 4) is 0 Å². The molecule has 0 N–H and O–H groups in total. The van der Waals surface area contributed by atoms with E-state index in [1.54, 1.807) is 12.1 Å². The van der Waals surface area contributed by atoms with Crippen LogP contribution in [0.2, 0.25) is 0 Å². The predicted molar refractivity (Wildman–Crippen MR) is 85.0 cm³/mol. The Labute approximate surface area is 128 Å². The number of fused-ring (bicyclic) bond motifs is 3. The minimum atomic E-state index is -0.251. The van der Waals surface area contributed by atoms with E-state index in [2.05, 4.69) is 0 Å². The molecule has 2 bridgehead atoms. The van der Waals surface area contributed by atoms with E-state index in [1.807, 2.05) is 54.7 Å². The third-order valence-electron chi connectivity index (χ3n) is 3.97. The van der Waals surface area contributed by atoms with E-state index in [-0.39, 0.29) is 11.8 Å². The third kappa shape index (κ3) is 1.91. The molecule has 1 aliphatic heterocycles. The van der Waals surface area contributed by atoms with Gasteiger partial charge in [0.05, 0.1) is 16.8 Å². The molecule has 1 fully saturated rings. The van der Waals surface area contributed by atoms with Gasteiger partial charge in [-0.2, -0.15) is 0 Å². The fourth-order valence-electron chi connectivity index (χ4n) is 2.94. The smallest absolute Gasteiger partial charge is 0.266 e. The molecule has 1 saturated heterocycles. The van der Waals surface area contributed by atoms with Crippen molar-refractivity contribution < 1.29 is 9.59 Å². The van der Waals surface area contributed by atoms with E-state index in [4.69, 9.17) is 0 Å². The molecule has 3 aliphatic rings. The van der Waals surface area contributed by atoms with Crippen LogP contribution in [0, 0.1) is 0 Å². The second-order valence-corrected chi connectivity index (χ2v) is 5.44. The number of para-hydroxylation sites is 1. The maximum Gasteiger partial charge on any atom is 0.266 e. The van der Waals surface area contributed by atoms with Crippen LogP contribution in [-0.2, 0) is 9.59 Å². The molecule has 22 heavy (non-hydrogen) atoms. The fourth-order valence-corrected chi connectivity index (χ4v) is 2.94. The van der Waals surface area contributed by atoms with Crippen LogP contribution in [0.4, 0.5) is 5.69 Å². The lowest BCUT2D eigenvalue weighted by atomic mass is 10.1. The monoisotopic (exact) mass is 287 g/mol. The molecule has 4 rings (SSSR count). The highest BCUT2D eigenvalue weighted by molar-refractivity contribution is 6.37. The molecule has 0 saturated carbocycles. The lowest BCUT2D eigenvalue weighted by Gasteiger charge is -2.13. The first-order valence-electron chi connectivity index (χ1n) is 7.18. The van der Waals surface area contributed by atoms with Gasteiger partial charge in [-0.15, -0.1) is 0 Å². The number of allylic oxidation sites excluding steroid dienone is 8. The van der Waals surface area contributed by atoms with Crippen molar-refractivity contribution in [1.29, 1.82) is 0 Å². The number of rotatable bonds is 1. The van der Waals surface area contributed by atoms with Gasteiger partial charge in [-0.1, -0.05) is 42.5 Å². The minimum Gasteiger partial charge on any atom is -0.268 e. The van der Waals surface area contributed by atoms with Crippen LogP contribution in [0.5, 0.6) is 0 Å². The number of benzene rings is 1. The summed E-state index contributed by atoms with van der Waals surface area (Å²) in [6.45, 7) is 0. The summed E-state index contributed by atoms with van der Waals surface area (Å²) in [6, 6.07) is 9.05. The van der Waals surface area contributed by atoms with Gasteiger partial charge in [0, 0.05) is 0 Å². The average molecular weight is 287 g/mol. The van der Waals surface area contributed by atoms with Crippen LogP contribution in [0.25, 0.3) is 0 Å². The van der Waals surface area contributed by atoms with Gasteiger partial charge in [0.25, 0.3) is 11.8 Å². The zero-order valence-corrected chi connectivity index (χ0v) is 11.8. The Morgan fingerprint density at radius 1 is 0.773 bits per heavy atom. The van der Waals surface area contributed by atoms with Crippen LogP contribution in [0.15, 0.2) is 89.1 Å². The molecule has 0 radical (unpaired) electrons. The lowest BCUT2D eigenvalue weighted by Crippen LogP contribution is -2.29. The van der Waals surface area contributed by atoms with Crippen LogP contribution in [0.1, 0.15) is 6.42 Å². The van der Waals surface area contributed by atoms with Gasteiger partial charge in [-0.3, -0.25) is 9.59 Å². The van der Waals surface area contributed by atoms with E-state index in [0.717, 1.165) is 17.6 Å². The number of hydrogen-bond acceptors (Lipinski definition) is 2. The molecule has 0 spiro atoms. The number of imide groups is 1. The van der Waals surface area contributed by atoms with Crippen molar-refractivity contribution in [3.05, 3.63) is 89.1 Å². The summed E-state index contributed by atoms with van der Waals surface area (Å²) < 4.78 is 0. The van der Waals surface area contributed by atoms with E-state index in [0.29, 0.717) is 16.8 Å². The van der Waals surface area contributed by atoms with E-state index < -0.39 is 0 Å². The first kappa shape index (κ1) is 12.8. The topological polar surface area (TPSA) is 37.4 Å². The normalized spacial score (nSPS) is 19.7. The second-order valence-electron chi connectivity index (χ2n) is 5.44. The van der Waals surface area contributed by atoms with Gasteiger partial charge in [-0.25, -0.2) is 4.90 Å².